The van der Waals surface area contributed by atoms with Gasteiger partial charge in [0.05, 0.1) is 30.4 Å². The van der Waals surface area contributed by atoms with E-state index in [1.807, 2.05) is 29.8 Å². The molecule has 1 saturated heterocycles. The van der Waals surface area contributed by atoms with E-state index in [1.165, 1.54) is 12.8 Å². The first-order chi connectivity index (χ1) is 13.1. The Labute approximate surface area is 158 Å². The van der Waals surface area contributed by atoms with E-state index in [-0.39, 0.29) is 24.2 Å². The van der Waals surface area contributed by atoms with Crippen molar-refractivity contribution in [1.29, 1.82) is 0 Å². The van der Waals surface area contributed by atoms with Crippen LogP contribution in [0.25, 0.3) is 0 Å². The van der Waals surface area contributed by atoms with E-state index in [4.69, 9.17) is 0 Å². The normalized spacial score (nSPS) is 20.4. The van der Waals surface area contributed by atoms with Gasteiger partial charge in [-0.3, -0.25) is 14.6 Å². The lowest BCUT2D eigenvalue weighted by Crippen LogP contribution is -2.29. The molecule has 4 rings (SSSR count). The summed E-state index contributed by atoms with van der Waals surface area (Å²) in [6.07, 6.45) is 8.38. The number of aromatic nitrogens is 3. The zero-order valence-electron chi connectivity index (χ0n) is 15.6. The molecule has 2 aliphatic rings. The van der Waals surface area contributed by atoms with Gasteiger partial charge in [-0.1, -0.05) is 18.9 Å². The van der Waals surface area contributed by atoms with E-state index in [0.29, 0.717) is 19.1 Å². The topological polar surface area (TPSA) is 80.1 Å². The number of aryl methyl sites for hydroxylation is 1. The molecule has 1 N–H and O–H groups in total. The quantitative estimate of drug-likeness (QED) is 0.881. The number of hydrogen-bond donors (Lipinski definition) is 1. The molecular formula is C20H25N5O2. The summed E-state index contributed by atoms with van der Waals surface area (Å²) in [4.78, 5) is 31.2. The minimum absolute atomic E-state index is 0.00169. The highest BCUT2D eigenvalue weighted by molar-refractivity contribution is 5.97. The molecule has 2 aromatic heterocycles. The maximum Gasteiger partial charge on any atom is 0.230 e. The number of likely N-dealkylation sites (tertiary alicyclic amines) is 1. The number of rotatable bonds is 5. The van der Waals surface area contributed by atoms with Gasteiger partial charge in [-0.05, 0) is 31.9 Å². The predicted molar refractivity (Wildman–Crippen MR) is 101 cm³/mol. The largest absolute Gasteiger partial charge is 0.336 e. The van der Waals surface area contributed by atoms with Crippen molar-refractivity contribution in [2.75, 3.05) is 11.9 Å². The SMILES string of the molecule is Cc1cnn(C2CCCC2)c1NC(=O)C1CC(=O)N(Cc2ccccn2)C1. The molecule has 1 aliphatic carbocycles. The van der Waals surface area contributed by atoms with Crippen LogP contribution in [0.15, 0.2) is 30.6 Å². The van der Waals surface area contributed by atoms with Gasteiger partial charge in [0.25, 0.3) is 0 Å². The van der Waals surface area contributed by atoms with Crippen molar-refractivity contribution in [3.05, 3.63) is 41.9 Å². The number of carbonyl (C=O) groups excluding carboxylic acids is 2. The highest BCUT2D eigenvalue weighted by Gasteiger charge is 2.35. The highest BCUT2D eigenvalue weighted by atomic mass is 16.2. The first kappa shape index (κ1) is 17.7. The first-order valence-electron chi connectivity index (χ1n) is 9.64. The van der Waals surface area contributed by atoms with Crippen LogP contribution in [0, 0.1) is 12.8 Å². The van der Waals surface area contributed by atoms with Crippen LogP contribution in [0.2, 0.25) is 0 Å². The van der Waals surface area contributed by atoms with Crippen LogP contribution in [0.1, 0.15) is 49.4 Å². The number of nitrogens with one attached hydrogen (secondary N) is 1. The van der Waals surface area contributed by atoms with E-state index >= 15 is 0 Å². The second kappa shape index (κ2) is 7.50. The Bertz CT molecular complexity index is 826. The van der Waals surface area contributed by atoms with Gasteiger partial charge >= 0.3 is 0 Å². The fraction of sp³-hybridized carbons (Fsp3) is 0.500. The van der Waals surface area contributed by atoms with E-state index in [0.717, 1.165) is 29.9 Å². The maximum atomic E-state index is 12.8. The average molecular weight is 367 g/mol. The number of pyridine rings is 1. The standard InChI is InChI=1S/C20H25N5O2/c1-14-11-22-25(17-7-2-3-8-17)19(14)23-20(27)15-10-18(26)24(12-15)13-16-6-4-5-9-21-16/h4-6,9,11,15,17H,2-3,7-8,10,12-13H2,1H3,(H,23,27). The molecule has 1 saturated carbocycles. The Hall–Kier alpha value is -2.70. The summed E-state index contributed by atoms with van der Waals surface area (Å²) in [7, 11) is 0. The fourth-order valence-corrected chi connectivity index (χ4v) is 4.04. The monoisotopic (exact) mass is 367 g/mol. The zero-order valence-corrected chi connectivity index (χ0v) is 15.6. The van der Waals surface area contributed by atoms with E-state index in [9.17, 15) is 9.59 Å². The van der Waals surface area contributed by atoms with Crippen LogP contribution in [-0.2, 0) is 16.1 Å². The summed E-state index contributed by atoms with van der Waals surface area (Å²) in [5.41, 5.74) is 1.80. The van der Waals surface area contributed by atoms with Crippen molar-refractivity contribution in [3.63, 3.8) is 0 Å². The molecule has 3 heterocycles. The second-order valence-electron chi connectivity index (χ2n) is 7.54. The lowest BCUT2D eigenvalue weighted by Gasteiger charge is -2.18. The lowest BCUT2D eigenvalue weighted by molar-refractivity contribution is -0.128. The summed E-state index contributed by atoms with van der Waals surface area (Å²) in [5.74, 6) is 0.339. The van der Waals surface area contributed by atoms with Gasteiger partial charge in [0.2, 0.25) is 11.8 Å². The first-order valence-corrected chi connectivity index (χ1v) is 9.64. The van der Waals surface area contributed by atoms with Gasteiger partial charge in [0.15, 0.2) is 0 Å². The van der Waals surface area contributed by atoms with Crippen LogP contribution < -0.4 is 5.32 Å². The average Bonchev–Trinajstić information content (AvgIpc) is 3.39. The van der Waals surface area contributed by atoms with Crippen LogP contribution in [0.5, 0.6) is 0 Å². The third-order valence-electron chi connectivity index (χ3n) is 5.55. The summed E-state index contributed by atoms with van der Waals surface area (Å²) in [5, 5.41) is 7.53. The second-order valence-corrected chi connectivity index (χ2v) is 7.54. The summed E-state index contributed by atoms with van der Waals surface area (Å²) < 4.78 is 1.96. The molecule has 1 unspecified atom stereocenters. The number of nitrogens with zero attached hydrogens (tertiary/aromatic N) is 4. The third-order valence-corrected chi connectivity index (χ3v) is 5.55. The Balaban J connectivity index is 1.42. The molecule has 142 valence electrons. The molecule has 0 radical (unpaired) electrons. The van der Waals surface area contributed by atoms with Crippen LogP contribution in [0.4, 0.5) is 5.82 Å². The Morgan fingerprint density at radius 1 is 1.30 bits per heavy atom. The molecule has 7 nitrogen and oxygen atoms in total. The molecule has 27 heavy (non-hydrogen) atoms. The van der Waals surface area contributed by atoms with Gasteiger partial charge < -0.3 is 10.2 Å². The van der Waals surface area contributed by atoms with Crippen molar-refractivity contribution in [1.82, 2.24) is 19.7 Å². The van der Waals surface area contributed by atoms with E-state index < -0.39 is 0 Å². The van der Waals surface area contributed by atoms with Gasteiger partial charge in [0.1, 0.15) is 5.82 Å². The minimum atomic E-state index is -0.340. The summed E-state index contributed by atoms with van der Waals surface area (Å²) in [6.45, 7) is 2.83. The summed E-state index contributed by atoms with van der Waals surface area (Å²) >= 11 is 0. The van der Waals surface area contributed by atoms with Crippen molar-refractivity contribution in [3.8, 4) is 0 Å². The molecule has 0 spiro atoms. The smallest absolute Gasteiger partial charge is 0.230 e. The Morgan fingerprint density at radius 2 is 2.11 bits per heavy atom. The van der Waals surface area contributed by atoms with Gasteiger partial charge in [-0.2, -0.15) is 5.10 Å². The lowest BCUT2D eigenvalue weighted by atomic mass is 10.1. The molecular weight excluding hydrogens is 342 g/mol. The molecule has 2 fully saturated rings. The number of carbonyl (C=O) groups is 2. The van der Waals surface area contributed by atoms with Gasteiger partial charge in [0, 0.05) is 24.7 Å². The molecule has 1 aliphatic heterocycles. The zero-order chi connectivity index (χ0) is 18.8. The fourth-order valence-electron chi connectivity index (χ4n) is 4.04. The van der Waals surface area contributed by atoms with Crippen LogP contribution in [0.3, 0.4) is 0 Å². The van der Waals surface area contributed by atoms with Crippen LogP contribution in [-0.4, -0.2) is 38.0 Å². The summed E-state index contributed by atoms with van der Waals surface area (Å²) in [6, 6.07) is 6.01. The molecule has 0 bridgehead atoms. The minimum Gasteiger partial charge on any atom is -0.336 e. The number of hydrogen-bond acceptors (Lipinski definition) is 4. The molecule has 7 heteroatoms. The predicted octanol–water partition coefficient (Wildman–Crippen LogP) is 2.69. The van der Waals surface area contributed by atoms with Crippen molar-refractivity contribution in [2.45, 2.75) is 51.6 Å². The third kappa shape index (κ3) is 3.72. The highest BCUT2D eigenvalue weighted by Crippen LogP contribution is 2.33. The molecule has 2 amide bonds. The molecule has 2 aromatic rings. The van der Waals surface area contributed by atoms with Crippen molar-refractivity contribution in [2.24, 2.45) is 5.92 Å². The van der Waals surface area contributed by atoms with E-state index in [1.54, 1.807) is 17.3 Å². The molecule has 0 aromatic carbocycles. The molecule has 1 atom stereocenters. The number of anilines is 1. The van der Waals surface area contributed by atoms with Crippen molar-refractivity contribution < 1.29 is 9.59 Å². The maximum absolute atomic E-state index is 12.8. The van der Waals surface area contributed by atoms with E-state index in [2.05, 4.69) is 15.4 Å². The van der Waals surface area contributed by atoms with Crippen LogP contribution >= 0.6 is 0 Å². The van der Waals surface area contributed by atoms with Gasteiger partial charge in [-0.25, -0.2) is 4.68 Å². The van der Waals surface area contributed by atoms with Gasteiger partial charge in [-0.15, -0.1) is 0 Å². The van der Waals surface area contributed by atoms with Crippen molar-refractivity contribution >= 4 is 17.6 Å². The Morgan fingerprint density at radius 3 is 2.85 bits per heavy atom. The number of amides is 2. The Kier molecular flexibility index (Phi) is 4.92.